The summed E-state index contributed by atoms with van der Waals surface area (Å²) in [5.74, 6) is -5.31. The first-order valence-corrected chi connectivity index (χ1v) is 7.76. The monoisotopic (exact) mass is 381 g/mol. The Hall–Kier alpha value is -1.80. The maximum absolute atomic E-state index is 13.6. The van der Waals surface area contributed by atoms with Gasteiger partial charge in [-0.1, -0.05) is 6.92 Å². The number of amides is 2. The van der Waals surface area contributed by atoms with Gasteiger partial charge in [0.1, 0.15) is 0 Å². The largest absolute Gasteiger partial charge is 0.333 e. The topological polar surface area (TPSA) is 61.4 Å². The van der Waals surface area contributed by atoms with Gasteiger partial charge in [-0.25, -0.2) is 13.2 Å². The number of carbonyl (C=O) groups is 2. The van der Waals surface area contributed by atoms with E-state index < -0.39 is 29.0 Å². The number of hydrogen-bond acceptors (Lipinski definition) is 3. The van der Waals surface area contributed by atoms with Gasteiger partial charge in [-0.2, -0.15) is 0 Å². The van der Waals surface area contributed by atoms with Crippen molar-refractivity contribution in [3.05, 3.63) is 29.6 Å². The summed E-state index contributed by atoms with van der Waals surface area (Å²) in [6.07, 6.45) is 1.58. The van der Waals surface area contributed by atoms with E-state index in [4.69, 9.17) is 0 Å². The Labute approximate surface area is 151 Å². The van der Waals surface area contributed by atoms with Crippen LogP contribution < -0.4 is 10.6 Å². The number of benzene rings is 1. The van der Waals surface area contributed by atoms with Crippen molar-refractivity contribution in [3.8, 4) is 0 Å². The molecule has 0 aliphatic rings. The van der Waals surface area contributed by atoms with Gasteiger partial charge < -0.3 is 15.5 Å². The van der Waals surface area contributed by atoms with E-state index in [1.807, 2.05) is 6.92 Å². The molecular weight excluding hydrogens is 359 g/mol. The summed E-state index contributed by atoms with van der Waals surface area (Å²) in [5.41, 5.74) is -0.460. The van der Waals surface area contributed by atoms with Crippen LogP contribution in [0.4, 0.5) is 18.9 Å². The van der Waals surface area contributed by atoms with Gasteiger partial charge in [0.15, 0.2) is 17.5 Å². The third kappa shape index (κ3) is 7.31. The first-order valence-electron chi connectivity index (χ1n) is 7.76. The predicted molar refractivity (Wildman–Crippen MR) is 92.2 cm³/mol. The molecular formula is C16H23ClF3N3O2. The summed E-state index contributed by atoms with van der Waals surface area (Å²) in [6.45, 7) is 2.65. The number of carbonyl (C=O) groups excluding carboxylic acids is 2. The Kier molecular flexibility index (Phi) is 10.9. The second-order valence-corrected chi connectivity index (χ2v) is 5.29. The van der Waals surface area contributed by atoms with Crippen molar-refractivity contribution in [2.75, 3.05) is 32.0 Å². The van der Waals surface area contributed by atoms with Gasteiger partial charge in [-0.05, 0) is 38.6 Å². The van der Waals surface area contributed by atoms with Crippen molar-refractivity contribution in [1.29, 1.82) is 0 Å². The molecule has 0 aliphatic heterocycles. The molecule has 0 saturated heterocycles. The minimum Gasteiger partial charge on any atom is -0.333 e. The SMILES string of the molecule is CCCN(CC(=O)Nc1ccc(F)c(F)c1F)C(=O)CCCNC.Cl. The van der Waals surface area contributed by atoms with Crippen LogP contribution in [-0.4, -0.2) is 43.4 Å². The number of nitrogens with zero attached hydrogens (tertiary/aromatic N) is 1. The molecule has 5 nitrogen and oxygen atoms in total. The molecule has 0 unspecified atom stereocenters. The lowest BCUT2D eigenvalue weighted by Gasteiger charge is -2.21. The molecule has 0 heterocycles. The van der Waals surface area contributed by atoms with Crippen LogP contribution in [0.3, 0.4) is 0 Å². The van der Waals surface area contributed by atoms with Gasteiger partial charge in [-0.3, -0.25) is 9.59 Å². The van der Waals surface area contributed by atoms with Gasteiger partial charge in [0.05, 0.1) is 12.2 Å². The highest BCUT2D eigenvalue weighted by molar-refractivity contribution is 5.94. The molecule has 142 valence electrons. The highest BCUT2D eigenvalue weighted by Gasteiger charge is 2.19. The minimum atomic E-state index is -1.65. The van der Waals surface area contributed by atoms with Crippen molar-refractivity contribution in [3.63, 3.8) is 0 Å². The second kappa shape index (κ2) is 11.7. The number of hydrogen-bond donors (Lipinski definition) is 2. The fourth-order valence-electron chi connectivity index (χ4n) is 2.12. The molecule has 0 bridgehead atoms. The lowest BCUT2D eigenvalue weighted by atomic mass is 10.2. The average molecular weight is 382 g/mol. The summed E-state index contributed by atoms with van der Waals surface area (Å²) >= 11 is 0. The molecule has 2 N–H and O–H groups in total. The van der Waals surface area contributed by atoms with Crippen LogP contribution in [0, 0.1) is 17.5 Å². The molecule has 0 radical (unpaired) electrons. The van der Waals surface area contributed by atoms with Crippen molar-refractivity contribution < 1.29 is 22.8 Å². The van der Waals surface area contributed by atoms with Crippen LogP contribution in [0.25, 0.3) is 0 Å². The first-order chi connectivity index (χ1) is 11.4. The molecule has 0 saturated carbocycles. The van der Waals surface area contributed by atoms with E-state index >= 15 is 0 Å². The highest BCUT2D eigenvalue weighted by atomic mass is 35.5. The van der Waals surface area contributed by atoms with Crippen molar-refractivity contribution in [1.82, 2.24) is 10.2 Å². The van der Waals surface area contributed by atoms with E-state index in [0.29, 0.717) is 25.9 Å². The Balaban J connectivity index is 0.00000576. The molecule has 0 aromatic heterocycles. The number of halogens is 4. The highest BCUT2D eigenvalue weighted by Crippen LogP contribution is 2.19. The van der Waals surface area contributed by atoms with Crippen LogP contribution in [-0.2, 0) is 9.59 Å². The Morgan fingerprint density at radius 3 is 2.44 bits per heavy atom. The lowest BCUT2D eigenvalue weighted by Crippen LogP contribution is -2.38. The van der Waals surface area contributed by atoms with Gasteiger partial charge >= 0.3 is 0 Å². The van der Waals surface area contributed by atoms with Crippen LogP contribution in [0.15, 0.2) is 12.1 Å². The number of rotatable bonds is 9. The molecule has 9 heteroatoms. The van der Waals surface area contributed by atoms with Gasteiger partial charge in [0.2, 0.25) is 11.8 Å². The zero-order valence-electron chi connectivity index (χ0n) is 14.2. The molecule has 25 heavy (non-hydrogen) atoms. The number of anilines is 1. The van der Waals surface area contributed by atoms with Crippen LogP contribution in [0.1, 0.15) is 26.2 Å². The van der Waals surface area contributed by atoms with Crippen LogP contribution in [0.5, 0.6) is 0 Å². The van der Waals surface area contributed by atoms with Gasteiger partial charge in [0, 0.05) is 13.0 Å². The molecule has 1 aromatic rings. The third-order valence-electron chi connectivity index (χ3n) is 3.31. The zero-order chi connectivity index (χ0) is 18.1. The second-order valence-electron chi connectivity index (χ2n) is 5.29. The molecule has 0 atom stereocenters. The lowest BCUT2D eigenvalue weighted by molar-refractivity contribution is -0.134. The van der Waals surface area contributed by atoms with Gasteiger partial charge in [0.25, 0.3) is 0 Å². The van der Waals surface area contributed by atoms with E-state index in [9.17, 15) is 22.8 Å². The Morgan fingerprint density at radius 2 is 1.84 bits per heavy atom. The quantitative estimate of drug-likeness (QED) is 0.510. The first kappa shape index (κ1) is 23.2. The molecule has 1 rings (SSSR count). The maximum Gasteiger partial charge on any atom is 0.244 e. The summed E-state index contributed by atoms with van der Waals surface area (Å²) < 4.78 is 39.6. The summed E-state index contributed by atoms with van der Waals surface area (Å²) in [7, 11) is 1.78. The molecule has 2 amide bonds. The number of nitrogens with one attached hydrogen (secondary N) is 2. The summed E-state index contributed by atoms with van der Waals surface area (Å²) in [4.78, 5) is 25.4. The Morgan fingerprint density at radius 1 is 1.16 bits per heavy atom. The van der Waals surface area contributed by atoms with E-state index in [1.165, 1.54) is 4.90 Å². The summed E-state index contributed by atoms with van der Waals surface area (Å²) in [5, 5.41) is 5.09. The summed E-state index contributed by atoms with van der Waals surface area (Å²) in [6, 6.07) is 1.66. The molecule has 1 aromatic carbocycles. The minimum absolute atomic E-state index is 0. The molecule has 0 aliphatic carbocycles. The van der Waals surface area contributed by atoms with Crippen LogP contribution in [0.2, 0.25) is 0 Å². The van der Waals surface area contributed by atoms with Crippen LogP contribution >= 0.6 is 12.4 Å². The Bertz CT molecular complexity index is 588. The zero-order valence-corrected chi connectivity index (χ0v) is 15.0. The van der Waals surface area contributed by atoms with E-state index in [-0.39, 0.29) is 31.3 Å². The van der Waals surface area contributed by atoms with E-state index in [2.05, 4.69) is 10.6 Å². The van der Waals surface area contributed by atoms with E-state index in [0.717, 1.165) is 12.1 Å². The van der Waals surface area contributed by atoms with Crippen molar-refractivity contribution in [2.45, 2.75) is 26.2 Å². The van der Waals surface area contributed by atoms with Gasteiger partial charge in [-0.15, -0.1) is 12.4 Å². The molecule has 0 spiro atoms. The fourth-order valence-corrected chi connectivity index (χ4v) is 2.12. The van der Waals surface area contributed by atoms with Crippen molar-refractivity contribution in [2.24, 2.45) is 0 Å². The molecule has 0 fully saturated rings. The third-order valence-corrected chi connectivity index (χ3v) is 3.31. The average Bonchev–Trinajstić information content (AvgIpc) is 2.55. The van der Waals surface area contributed by atoms with E-state index in [1.54, 1.807) is 7.05 Å². The maximum atomic E-state index is 13.6. The normalized spacial score (nSPS) is 10.1. The van der Waals surface area contributed by atoms with Crippen molar-refractivity contribution >= 4 is 29.9 Å². The fraction of sp³-hybridized carbons (Fsp3) is 0.500. The predicted octanol–water partition coefficient (Wildman–Crippen LogP) is 2.70. The smallest absolute Gasteiger partial charge is 0.244 e. The standard InChI is InChI=1S/C16H22F3N3O2.ClH/c1-3-9-22(14(24)5-4-8-20-2)10-13(23)21-12-7-6-11(17)15(18)16(12)19;/h6-7,20H,3-5,8-10H2,1-2H3,(H,21,23);1H.